The van der Waals surface area contributed by atoms with Gasteiger partial charge in [0.1, 0.15) is 0 Å². The van der Waals surface area contributed by atoms with Gasteiger partial charge in [-0.25, -0.2) is 12.9 Å². The second-order valence-electron chi connectivity index (χ2n) is 19.6. The van der Waals surface area contributed by atoms with Crippen LogP contribution in [0.4, 0.5) is 0 Å². The topological polar surface area (TPSA) is 344 Å². The molecule has 6 unspecified atom stereocenters. The van der Waals surface area contributed by atoms with Crippen molar-refractivity contribution < 1.29 is 124 Å². The second-order valence-corrected chi connectivity index (χ2v) is 28.5. The minimum Gasteiger partial charge on any atom is -0.756 e. The maximum absolute atomic E-state index is 11.5. The fraction of sp³-hybridized carbons (Fsp3) is 1.00. The Morgan fingerprint density at radius 2 is 0.362 bits per heavy atom. The third-order valence-electron chi connectivity index (χ3n) is 11.1. The summed E-state index contributed by atoms with van der Waals surface area (Å²) in [4.78, 5) is 69.1. The molecule has 0 rings (SSSR count). The van der Waals surface area contributed by atoms with Crippen LogP contribution < -0.4 is 29.4 Å². The summed E-state index contributed by atoms with van der Waals surface area (Å²) in [6, 6.07) is 0. The van der Waals surface area contributed by atoms with Gasteiger partial charge in [0.15, 0.2) is 0 Å². The van der Waals surface area contributed by atoms with Gasteiger partial charge >= 0.3 is 21.7 Å². The van der Waals surface area contributed by atoms with Gasteiger partial charge in [-0.1, -0.05) is 234 Å². The van der Waals surface area contributed by atoms with E-state index < -0.39 is 46.9 Å². The third kappa shape index (κ3) is 77.5. The molecular formula is C51H110O22P6Ti-2. The van der Waals surface area contributed by atoms with E-state index in [1.165, 1.54) is 0 Å². The van der Waals surface area contributed by atoms with E-state index in [4.69, 9.17) is 5.11 Å². The van der Waals surface area contributed by atoms with E-state index in [-0.39, 0.29) is 67.5 Å². The summed E-state index contributed by atoms with van der Waals surface area (Å²) in [5.41, 5.74) is 0. The van der Waals surface area contributed by atoms with Crippen molar-refractivity contribution in [2.24, 2.45) is 0 Å². The molecule has 6 atom stereocenters. The Labute approximate surface area is 500 Å². The van der Waals surface area contributed by atoms with Crippen molar-refractivity contribution in [2.45, 2.75) is 293 Å². The summed E-state index contributed by atoms with van der Waals surface area (Å²) >= 11 is 0. The molecule has 0 aromatic heterocycles. The molecule has 0 aromatic rings. The van der Waals surface area contributed by atoms with Crippen LogP contribution in [0.3, 0.4) is 0 Å². The SMILES string of the molecule is CC(C)O.CCCCCCCCOP(=O)([O-])OP(=O)([O-])OCCCCCCCC.CCCCCCCCOP(=O)([O-])OP(=O)([O-])OCCCCCCCC.CCCCCCCCOP(=O)([O-])OP(=O)([O-])OCCCCCCCC.[Ti+4]. The smallest absolute Gasteiger partial charge is 0.756 e. The fourth-order valence-corrected chi connectivity index (χ4v) is 13.0. The van der Waals surface area contributed by atoms with Crippen LogP contribution in [0, 0.1) is 0 Å². The molecule has 0 spiro atoms. The number of phosphoric acid groups is 6. The summed E-state index contributed by atoms with van der Waals surface area (Å²) in [6.45, 7) is 15.7. The van der Waals surface area contributed by atoms with Crippen LogP contribution in [0.1, 0.15) is 287 Å². The van der Waals surface area contributed by atoms with Crippen LogP contribution in [-0.4, -0.2) is 50.9 Å². The molecule has 29 heteroatoms. The van der Waals surface area contributed by atoms with E-state index in [1.54, 1.807) is 13.8 Å². The maximum Gasteiger partial charge on any atom is 4.00 e. The number of rotatable bonds is 54. The van der Waals surface area contributed by atoms with Crippen molar-refractivity contribution in [1.82, 2.24) is 0 Å². The van der Waals surface area contributed by atoms with E-state index in [0.29, 0.717) is 38.5 Å². The molecule has 0 radical (unpaired) electrons. The van der Waals surface area contributed by atoms with Crippen LogP contribution >= 0.6 is 46.9 Å². The van der Waals surface area contributed by atoms with Gasteiger partial charge in [0, 0.05) is 6.10 Å². The average molecular weight is 1310 g/mol. The van der Waals surface area contributed by atoms with E-state index in [0.717, 1.165) is 193 Å². The first kappa shape index (κ1) is 90.2. The first-order valence-electron chi connectivity index (χ1n) is 29.8. The monoisotopic (exact) mass is 1310 g/mol. The second kappa shape index (κ2) is 60.7. The minimum atomic E-state index is -4.90. The van der Waals surface area contributed by atoms with Crippen molar-refractivity contribution >= 4 is 46.9 Å². The van der Waals surface area contributed by atoms with Crippen LogP contribution in [0.15, 0.2) is 0 Å². The van der Waals surface area contributed by atoms with E-state index >= 15 is 0 Å². The quantitative estimate of drug-likeness (QED) is 0.0336. The molecule has 0 aliphatic rings. The third-order valence-corrected chi connectivity index (χ3v) is 18.9. The zero-order valence-corrected chi connectivity index (χ0v) is 57.4. The number of aliphatic hydroxyl groups excluding tert-OH is 1. The molecule has 0 heterocycles. The molecule has 0 saturated heterocycles. The molecule has 0 aliphatic carbocycles. The number of unbranched alkanes of at least 4 members (excludes halogenated alkanes) is 30. The van der Waals surface area contributed by atoms with Crippen LogP contribution in [-0.2, 0) is 89.2 Å². The first-order valence-corrected chi connectivity index (χ1v) is 38.5. The minimum absolute atomic E-state index is 0. The predicted molar refractivity (Wildman–Crippen MR) is 302 cm³/mol. The van der Waals surface area contributed by atoms with Gasteiger partial charge in [0.2, 0.25) is 0 Å². The zero-order chi connectivity index (χ0) is 60.6. The Bertz CT molecular complexity index is 1340. The van der Waals surface area contributed by atoms with Gasteiger partial charge < -0.3 is 61.6 Å². The molecule has 0 aliphatic heterocycles. The molecule has 0 bridgehead atoms. The largest absolute Gasteiger partial charge is 4.00 e. The van der Waals surface area contributed by atoms with Crippen LogP contribution in [0.5, 0.6) is 0 Å². The van der Waals surface area contributed by atoms with E-state index in [9.17, 15) is 56.8 Å². The van der Waals surface area contributed by atoms with Crippen molar-refractivity contribution in [3.63, 3.8) is 0 Å². The van der Waals surface area contributed by atoms with Crippen molar-refractivity contribution in [3.05, 3.63) is 0 Å². The number of aliphatic hydroxyl groups is 1. The van der Waals surface area contributed by atoms with Gasteiger partial charge in [-0.2, -0.15) is 0 Å². The molecule has 0 fully saturated rings. The standard InChI is InChI=1S/3C16H36O7P2.C3H8O.Ti/c3*1-3-5-7-9-11-13-15-21-24(17,18)23-25(19,20)22-16-14-12-10-8-6-4-2;1-3(2)4;/h3*3-16H2,1-2H3,(H,17,18)(H,19,20);3-4H,1-2H3;/q;;;;+4/p-6. The maximum atomic E-state index is 11.5. The summed E-state index contributed by atoms with van der Waals surface area (Å²) < 4.78 is 109. The number of hydrogen-bond acceptors (Lipinski definition) is 22. The Kier molecular flexibility index (Phi) is 68.5. The van der Waals surface area contributed by atoms with Crippen LogP contribution in [0.2, 0.25) is 0 Å². The molecule has 22 nitrogen and oxygen atoms in total. The first-order chi connectivity index (χ1) is 37.2. The number of hydrogen-bond donors (Lipinski definition) is 1. The molecule has 482 valence electrons. The summed E-state index contributed by atoms with van der Waals surface area (Å²) in [7, 11) is -29.4. The van der Waals surface area contributed by atoms with Crippen molar-refractivity contribution in [1.29, 1.82) is 0 Å². The average Bonchev–Trinajstić information content (AvgIpc) is 3.34. The molecule has 1 N–H and O–H groups in total. The molecule has 0 aromatic carbocycles. The van der Waals surface area contributed by atoms with Crippen molar-refractivity contribution in [2.75, 3.05) is 39.6 Å². The van der Waals surface area contributed by atoms with Crippen molar-refractivity contribution in [3.8, 4) is 0 Å². The Hall–Kier alpha value is 1.45. The summed E-state index contributed by atoms with van der Waals surface area (Å²) in [6.07, 6.45) is 34.5. The Morgan fingerprint density at radius 3 is 0.475 bits per heavy atom. The van der Waals surface area contributed by atoms with E-state index in [1.807, 2.05) is 0 Å². The summed E-state index contributed by atoms with van der Waals surface area (Å²) in [5.74, 6) is 0. The van der Waals surface area contributed by atoms with Gasteiger partial charge in [-0.05, 0) is 52.4 Å². The predicted octanol–water partition coefficient (Wildman–Crippen LogP) is 14.5. The van der Waals surface area contributed by atoms with Gasteiger partial charge in [-0.15, -0.1) is 0 Å². The normalized spacial score (nSPS) is 15.9. The molecular weight excluding hydrogens is 1200 g/mol. The van der Waals surface area contributed by atoms with E-state index in [2.05, 4.69) is 81.6 Å². The zero-order valence-electron chi connectivity index (χ0n) is 50.5. The van der Waals surface area contributed by atoms with Gasteiger partial charge in [-0.3, -0.25) is 27.4 Å². The molecule has 0 saturated carbocycles. The number of phosphoric ester groups is 6. The van der Waals surface area contributed by atoms with Gasteiger partial charge in [0.05, 0.1) is 39.6 Å². The Balaban J connectivity index is -0.000000337. The fourth-order valence-electron chi connectivity index (χ4n) is 6.86. The Morgan fingerprint density at radius 1 is 0.263 bits per heavy atom. The van der Waals surface area contributed by atoms with Crippen LogP contribution in [0.25, 0.3) is 0 Å². The van der Waals surface area contributed by atoms with Gasteiger partial charge in [0.25, 0.3) is 46.9 Å². The molecule has 80 heavy (non-hydrogen) atoms. The molecule has 0 amide bonds. The summed E-state index contributed by atoms with van der Waals surface area (Å²) in [5, 5.41) is 8.06.